The van der Waals surface area contributed by atoms with E-state index in [1.807, 2.05) is 29.2 Å². The third-order valence-corrected chi connectivity index (χ3v) is 3.82. The van der Waals surface area contributed by atoms with Crippen LogP contribution in [0.3, 0.4) is 0 Å². The molecule has 0 bridgehead atoms. The van der Waals surface area contributed by atoms with Crippen molar-refractivity contribution < 1.29 is 14.3 Å². The molecule has 1 aliphatic heterocycles. The molecule has 7 heteroatoms. The number of nitrogens with one attached hydrogen (secondary N) is 1. The average molecular weight is 316 g/mol. The molecule has 0 saturated carbocycles. The molecular weight excluding hydrogens is 296 g/mol. The molecule has 0 unspecified atom stereocenters. The summed E-state index contributed by atoms with van der Waals surface area (Å²) in [5.74, 6) is 0.0878. The van der Waals surface area contributed by atoms with Crippen LogP contribution in [-0.2, 0) is 14.3 Å². The van der Waals surface area contributed by atoms with Gasteiger partial charge in [0.25, 0.3) is 0 Å². The highest BCUT2D eigenvalue weighted by atomic mass is 16.5. The topological polar surface area (TPSA) is 80.3 Å². The second kappa shape index (κ2) is 7.34. The molecule has 2 aromatic heterocycles. The van der Waals surface area contributed by atoms with E-state index in [9.17, 15) is 4.79 Å². The van der Waals surface area contributed by atoms with E-state index < -0.39 is 0 Å². The number of methoxy groups -OCH3 is 1. The van der Waals surface area contributed by atoms with Crippen LogP contribution < -0.4 is 0 Å². The second-order valence-corrected chi connectivity index (χ2v) is 5.36. The molecule has 0 aliphatic carbocycles. The number of pyridine rings is 1. The lowest BCUT2D eigenvalue weighted by atomic mass is 10.1. The van der Waals surface area contributed by atoms with Crippen molar-refractivity contribution in [2.75, 3.05) is 33.4 Å². The van der Waals surface area contributed by atoms with Crippen molar-refractivity contribution in [2.45, 2.75) is 12.5 Å². The van der Waals surface area contributed by atoms with Crippen LogP contribution in [-0.4, -0.2) is 59.4 Å². The standard InChI is InChI=1S/C16H20N4O3/c1-22-9-6-16(21)20-8-10-23-15(11-20)14-4-2-3-12(18-14)13-5-7-17-19-13/h2-5,7,15H,6,8-11H2,1H3,(H,17,19)/t15-/m0/s1. The molecule has 1 aliphatic rings. The lowest BCUT2D eigenvalue weighted by Gasteiger charge is -2.32. The number of nitrogens with zero attached hydrogens (tertiary/aromatic N) is 3. The smallest absolute Gasteiger partial charge is 0.225 e. The Morgan fingerprint density at radius 1 is 1.48 bits per heavy atom. The van der Waals surface area contributed by atoms with E-state index >= 15 is 0 Å². The van der Waals surface area contributed by atoms with Gasteiger partial charge in [-0.3, -0.25) is 9.89 Å². The van der Waals surface area contributed by atoms with Crippen LogP contribution in [0.4, 0.5) is 0 Å². The SMILES string of the molecule is COCCC(=O)N1CCO[C@H](c2cccc(-c3ccn[nH]3)n2)C1. The van der Waals surface area contributed by atoms with Gasteiger partial charge in [0.1, 0.15) is 6.10 Å². The first-order chi connectivity index (χ1) is 11.3. The van der Waals surface area contributed by atoms with Crippen molar-refractivity contribution in [3.63, 3.8) is 0 Å². The number of aromatic nitrogens is 3. The Bertz CT molecular complexity index is 645. The van der Waals surface area contributed by atoms with Crippen molar-refractivity contribution in [3.05, 3.63) is 36.2 Å². The van der Waals surface area contributed by atoms with E-state index in [0.29, 0.717) is 32.7 Å². The minimum absolute atomic E-state index is 0.0878. The minimum atomic E-state index is -0.210. The highest BCUT2D eigenvalue weighted by Gasteiger charge is 2.26. The molecule has 1 atom stereocenters. The van der Waals surface area contributed by atoms with E-state index in [2.05, 4.69) is 15.2 Å². The molecule has 1 saturated heterocycles. The molecule has 122 valence electrons. The van der Waals surface area contributed by atoms with Crippen molar-refractivity contribution in [3.8, 4) is 11.4 Å². The van der Waals surface area contributed by atoms with Gasteiger partial charge in [-0.1, -0.05) is 6.07 Å². The number of rotatable bonds is 5. The summed E-state index contributed by atoms with van der Waals surface area (Å²) < 4.78 is 10.8. The fourth-order valence-electron chi connectivity index (χ4n) is 2.58. The van der Waals surface area contributed by atoms with Gasteiger partial charge in [-0.25, -0.2) is 4.98 Å². The lowest BCUT2D eigenvalue weighted by molar-refractivity contribution is -0.140. The van der Waals surface area contributed by atoms with Gasteiger partial charge in [-0.15, -0.1) is 0 Å². The normalized spacial score (nSPS) is 18.1. The minimum Gasteiger partial charge on any atom is -0.384 e. The van der Waals surface area contributed by atoms with Crippen molar-refractivity contribution >= 4 is 5.91 Å². The Labute approximate surface area is 134 Å². The van der Waals surface area contributed by atoms with Crippen LogP contribution in [0.15, 0.2) is 30.5 Å². The zero-order chi connectivity index (χ0) is 16.1. The van der Waals surface area contributed by atoms with E-state index in [1.54, 1.807) is 13.3 Å². The van der Waals surface area contributed by atoms with Crippen molar-refractivity contribution in [1.29, 1.82) is 0 Å². The van der Waals surface area contributed by atoms with Crippen LogP contribution in [0.5, 0.6) is 0 Å². The molecule has 0 spiro atoms. The summed E-state index contributed by atoms with van der Waals surface area (Å²) in [6.07, 6.45) is 1.88. The molecular formula is C16H20N4O3. The predicted octanol–water partition coefficient (Wildman–Crippen LogP) is 1.41. The molecule has 23 heavy (non-hydrogen) atoms. The Hall–Kier alpha value is -2.25. The fourth-order valence-corrected chi connectivity index (χ4v) is 2.58. The van der Waals surface area contributed by atoms with Crippen LogP contribution in [0.25, 0.3) is 11.4 Å². The Balaban J connectivity index is 1.71. The van der Waals surface area contributed by atoms with Gasteiger partial charge < -0.3 is 14.4 Å². The molecule has 0 radical (unpaired) electrons. The molecule has 1 N–H and O–H groups in total. The van der Waals surface area contributed by atoms with E-state index in [0.717, 1.165) is 17.1 Å². The molecule has 1 amide bonds. The largest absolute Gasteiger partial charge is 0.384 e. The number of hydrogen-bond donors (Lipinski definition) is 1. The summed E-state index contributed by atoms with van der Waals surface area (Å²) in [7, 11) is 1.60. The molecule has 7 nitrogen and oxygen atoms in total. The summed E-state index contributed by atoms with van der Waals surface area (Å²) in [4.78, 5) is 18.6. The monoisotopic (exact) mass is 316 g/mol. The van der Waals surface area contributed by atoms with E-state index in [1.165, 1.54) is 0 Å². The Kier molecular flexibility index (Phi) is 4.99. The van der Waals surface area contributed by atoms with Gasteiger partial charge in [0, 0.05) is 19.9 Å². The summed E-state index contributed by atoms with van der Waals surface area (Å²) in [5, 5.41) is 6.85. The fraction of sp³-hybridized carbons (Fsp3) is 0.438. The first kappa shape index (κ1) is 15.6. The maximum absolute atomic E-state index is 12.1. The zero-order valence-corrected chi connectivity index (χ0v) is 13.1. The van der Waals surface area contributed by atoms with Gasteiger partial charge >= 0.3 is 0 Å². The average Bonchev–Trinajstić information content (AvgIpc) is 3.14. The highest BCUT2D eigenvalue weighted by Crippen LogP contribution is 2.23. The summed E-state index contributed by atoms with van der Waals surface area (Å²) in [5.41, 5.74) is 2.49. The number of H-pyrrole nitrogens is 1. The molecule has 3 rings (SSSR count). The van der Waals surface area contributed by atoms with Gasteiger partial charge in [0.15, 0.2) is 0 Å². The summed E-state index contributed by atoms with van der Waals surface area (Å²) >= 11 is 0. The van der Waals surface area contributed by atoms with Crippen LogP contribution in [0.1, 0.15) is 18.2 Å². The number of hydrogen-bond acceptors (Lipinski definition) is 5. The maximum Gasteiger partial charge on any atom is 0.225 e. The van der Waals surface area contributed by atoms with Crippen molar-refractivity contribution in [2.24, 2.45) is 0 Å². The Morgan fingerprint density at radius 2 is 2.39 bits per heavy atom. The van der Waals surface area contributed by atoms with Crippen LogP contribution in [0.2, 0.25) is 0 Å². The molecule has 0 aromatic carbocycles. The van der Waals surface area contributed by atoms with E-state index in [-0.39, 0.29) is 12.0 Å². The number of ether oxygens (including phenoxy) is 2. The second-order valence-electron chi connectivity index (χ2n) is 5.36. The van der Waals surface area contributed by atoms with Gasteiger partial charge in [0.2, 0.25) is 5.91 Å². The quantitative estimate of drug-likeness (QED) is 0.902. The zero-order valence-electron chi connectivity index (χ0n) is 13.1. The van der Waals surface area contributed by atoms with Gasteiger partial charge in [0.05, 0.1) is 43.3 Å². The third-order valence-electron chi connectivity index (χ3n) is 3.82. The third kappa shape index (κ3) is 3.75. The molecule has 1 fully saturated rings. The van der Waals surface area contributed by atoms with Gasteiger partial charge in [-0.2, -0.15) is 5.10 Å². The first-order valence-corrected chi connectivity index (χ1v) is 7.63. The molecule has 2 aromatic rings. The maximum atomic E-state index is 12.1. The van der Waals surface area contributed by atoms with E-state index in [4.69, 9.17) is 9.47 Å². The number of amides is 1. The number of carbonyl (C=O) groups excluding carboxylic acids is 1. The van der Waals surface area contributed by atoms with Crippen molar-refractivity contribution in [1.82, 2.24) is 20.1 Å². The predicted molar refractivity (Wildman–Crippen MR) is 83.6 cm³/mol. The molecule has 3 heterocycles. The lowest BCUT2D eigenvalue weighted by Crippen LogP contribution is -2.42. The van der Waals surface area contributed by atoms with Crippen LogP contribution in [0, 0.1) is 0 Å². The summed E-state index contributed by atoms with van der Waals surface area (Å²) in [6.45, 7) is 2.08. The summed E-state index contributed by atoms with van der Waals surface area (Å²) in [6, 6.07) is 7.65. The van der Waals surface area contributed by atoms with Crippen LogP contribution >= 0.6 is 0 Å². The van der Waals surface area contributed by atoms with Gasteiger partial charge in [-0.05, 0) is 18.2 Å². The Morgan fingerprint density at radius 3 is 3.17 bits per heavy atom. The number of carbonyl (C=O) groups is 1. The first-order valence-electron chi connectivity index (χ1n) is 7.63. The number of morpholine rings is 1. The highest BCUT2D eigenvalue weighted by molar-refractivity contribution is 5.76. The number of aromatic amines is 1.